The van der Waals surface area contributed by atoms with Crippen LogP contribution >= 0.6 is 0 Å². The Morgan fingerprint density at radius 3 is 0.895 bits per heavy atom. The minimum atomic E-state index is -3.94. The van der Waals surface area contributed by atoms with Crippen LogP contribution in [-0.4, -0.2) is 44.9 Å². The molecule has 0 heterocycles. The van der Waals surface area contributed by atoms with Crippen LogP contribution in [-0.2, 0) is 30.1 Å². The molecule has 12 heteroatoms. The number of benzene rings is 3. The number of rotatable bonds is 12. The lowest BCUT2D eigenvalue weighted by Gasteiger charge is -2.30. The number of aryl methyl sites for hydroxylation is 3. The third-order valence-electron chi connectivity index (χ3n) is 6.06. The third-order valence-corrected chi connectivity index (χ3v) is 10.3. The van der Waals surface area contributed by atoms with Crippen LogP contribution in [0.3, 0.4) is 0 Å². The average Bonchev–Trinajstić information content (AvgIpc) is 2.86. The van der Waals surface area contributed by atoms with E-state index in [-0.39, 0.29) is 34.3 Å². The molecule has 0 saturated carbocycles. The molecule has 0 bridgehead atoms. The van der Waals surface area contributed by atoms with Crippen LogP contribution in [0.4, 0.5) is 0 Å². The molecule has 0 aromatic heterocycles. The van der Waals surface area contributed by atoms with Gasteiger partial charge in [-0.1, -0.05) is 60.0 Å². The van der Waals surface area contributed by atoms with E-state index >= 15 is 0 Å². The van der Waals surface area contributed by atoms with Crippen molar-refractivity contribution in [1.29, 1.82) is 0 Å². The lowest BCUT2D eigenvalue weighted by molar-refractivity contribution is 0.323. The second-order valence-electron chi connectivity index (χ2n) is 9.72. The van der Waals surface area contributed by atoms with E-state index in [1.165, 1.54) is 36.4 Å². The van der Waals surface area contributed by atoms with Gasteiger partial charge in [-0.25, -0.2) is 39.4 Å². The van der Waals surface area contributed by atoms with Gasteiger partial charge in [-0.15, -0.1) is 0 Å². The molecule has 3 rings (SSSR count). The molecule has 0 unspecified atom stereocenters. The number of nitrogens with one attached hydrogen (secondary N) is 3. The van der Waals surface area contributed by atoms with Gasteiger partial charge in [0.1, 0.15) is 0 Å². The van der Waals surface area contributed by atoms with Crippen LogP contribution in [0.1, 0.15) is 23.6 Å². The highest BCUT2D eigenvalue weighted by molar-refractivity contribution is 7.90. The molecular weight excluding hydrogens is 547 g/mol. The fraction of sp³-hybridized carbons (Fsp3) is 0.308. The summed E-state index contributed by atoms with van der Waals surface area (Å²) in [6.45, 7) is 6.38. The highest BCUT2D eigenvalue weighted by Crippen LogP contribution is 2.20. The molecular formula is C26H33N3O6S3. The van der Waals surface area contributed by atoms with Crippen molar-refractivity contribution in [3.05, 3.63) is 89.5 Å². The minimum absolute atomic E-state index is 0.0472. The van der Waals surface area contributed by atoms with Gasteiger partial charge in [0, 0.05) is 25.0 Å². The molecule has 0 spiro atoms. The maximum absolute atomic E-state index is 12.9. The fourth-order valence-corrected chi connectivity index (χ4v) is 7.00. The van der Waals surface area contributed by atoms with Crippen molar-refractivity contribution in [1.82, 2.24) is 14.2 Å². The molecule has 9 nitrogen and oxygen atoms in total. The van der Waals surface area contributed by atoms with Crippen LogP contribution in [0.25, 0.3) is 0 Å². The van der Waals surface area contributed by atoms with Crippen molar-refractivity contribution in [2.24, 2.45) is 5.41 Å². The largest absolute Gasteiger partial charge is 0.240 e. The van der Waals surface area contributed by atoms with Gasteiger partial charge in [0.2, 0.25) is 30.1 Å². The molecule has 0 saturated heterocycles. The average molecular weight is 580 g/mol. The van der Waals surface area contributed by atoms with Gasteiger partial charge in [-0.2, -0.15) is 0 Å². The van der Waals surface area contributed by atoms with Gasteiger partial charge in [-0.3, -0.25) is 0 Å². The Morgan fingerprint density at radius 1 is 0.474 bits per heavy atom. The third kappa shape index (κ3) is 7.95. The molecule has 206 valence electrons. The molecule has 0 amide bonds. The summed E-state index contributed by atoms with van der Waals surface area (Å²) < 4.78 is 85.0. The lowest BCUT2D eigenvalue weighted by Crippen LogP contribution is -2.49. The molecule has 0 atom stereocenters. The topological polar surface area (TPSA) is 139 Å². The van der Waals surface area contributed by atoms with E-state index < -0.39 is 35.5 Å². The molecule has 0 aliphatic carbocycles. The van der Waals surface area contributed by atoms with Crippen LogP contribution in [0.2, 0.25) is 0 Å². The second kappa shape index (κ2) is 11.6. The van der Waals surface area contributed by atoms with E-state index in [2.05, 4.69) is 14.2 Å². The standard InChI is InChI=1S/C26H33N3O6S3/c1-20-5-11-23(12-6-20)36(30,31)27-17-26(4,18-28-37(32,33)24-13-7-21(2)8-14-24)19-29-38(34,35)25-15-9-22(3)10-16-25/h5-16,27-29H,17-19H2,1-4H3. The van der Waals surface area contributed by atoms with Crippen LogP contribution in [0, 0.1) is 26.2 Å². The van der Waals surface area contributed by atoms with E-state index in [4.69, 9.17) is 0 Å². The SMILES string of the molecule is Cc1ccc(S(=O)(=O)NCC(C)(CNS(=O)(=O)c2ccc(C)cc2)CNS(=O)(=O)c2ccc(C)cc2)cc1. The Morgan fingerprint density at radius 2 is 0.684 bits per heavy atom. The van der Waals surface area contributed by atoms with Gasteiger partial charge < -0.3 is 0 Å². The summed E-state index contributed by atoms with van der Waals surface area (Å²) in [6.07, 6.45) is 0. The van der Waals surface area contributed by atoms with Crippen LogP contribution in [0.5, 0.6) is 0 Å². The highest BCUT2D eigenvalue weighted by Gasteiger charge is 2.31. The summed E-state index contributed by atoms with van der Waals surface area (Å²) in [6, 6.07) is 18.8. The van der Waals surface area contributed by atoms with Crippen LogP contribution < -0.4 is 14.2 Å². The maximum atomic E-state index is 12.9. The summed E-state index contributed by atoms with van der Waals surface area (Å²) in [5, 5.41) is 0. The Balaban J connectivity index is 1.83. The monoisotopic (exact) mass is 579 g/mol. The van der Waals surface area contributed by atoms with Crippen LogP contribution in [0.15, 0.2) is 87.5 Å². The summed E-state index contributed by atoms with van der Waals surface area (Å²) in [7, 11) is -11.8. The first-order valence-corrected chi connectivity index (χ1v) is 16.3. The summed E-state index contributed by atoms with van der Waals surface area (Å²) in [5.41, 5.74) is 1.51. The summed E-state index contributed by atoms with van der Waals surface area (Å²) >= 11 is 0. The number of hydrogen-bond donors (Lipinski definition) is 3. The normalized spacial score (nSPS) is 12.9. The van der Waals surface area contributed by atoms with Crippen molar-refractivity contribution in [3.63, 3.8) is 0 Å². The molecule has 3 aromatic rings. The molecule has 3 N–H and O–H groups in total. The van der Waals surface area contributed by atoms with Gasteiger partial charge in [0.15, 0.2) is 0 Å². The van der Waals surface area contributed by atoms with E-state index in [0.717, 1.165) is 16.7 Å². The zero-order valence-electron chi connectivity index (χ0n) is 21.7. The van der Waals surface area contributed by atoms with Crippen molar-refractivity contribution in [2.45, 2.75) is 42.4 Å². The van der Waals surface area contributed by atoms with Gasteiger partial charge in [-0.05, 0) is 57.2 Å². The molecule has 38 heavy (non-hydrogen) atoms. The molecule has 0 radical (unpaired) electrons. The smallest absolute Gasteiger partial charge is 0.211 e. The predicted molar refractivity (Wildman–Crippen MR) is 147 cm³/mol. The first-order valence-electron chi connectivity index (χ1n) is 11.8. The Bertz CT molecular complexity index is 1380. The van der Waals surface area contributed by atoms with Crippen molar-refractivity contribution >= 4 is 30.1 Å². The predicted octanol–water partition coefficient (Wildman–Crippen LogP) is 2.85. The second-order valence-corrected chi connectivity index (χ2v) is 15.0. The molecule has 0 fully saturated rings. The molecule has 0 aliphatic heterocycles. The fourth-order valence-electron chi connectivity index (χ4n) is 3.40. The van der Waals surface area contributed by atoms with E-state index in [9.17, 15) is 25.3 Å². The number of sulfonamides is 3. The van der Waals surface area contributed by atoms with Gasteiger partial charge >= 0.3 is 0 Å². The molecule has 0 aliphatic rings. The Labute approximate surface area is 225 Å². The Hall–Kier alpha value is -2.61. The van der Waals surface area contributed by atoms with Crippen molar-refractivity contribution < 1.29 is 25.3 Å². The Kier molecular flexibility index (Phi) is 9.17. The lowest BCUT2D eigenvalue weighted by atomic mass is 9.91. The molecule has 3 aromatic carbocycles. The first kappa shape index (κ1) is 29.9. The first-order chi connectivity index (χ1) is 17.6. The number of hydrogen-bond acceptors (Lipinski definition) is 6. The van der Waals surface area contributed by atoms with E-state index in [0.29, 0.717) is 0 Å². The quantitative estimate of drug-likeness (QED) is 0.302. The summed E-state index contributed by atoms with van der Waals surface area (Å²) in [4.78, 5) is 0.141. The minimum Gasteiger partial charge on any atom is -0.211 e. The van der Waals surface area contributed by atoms with E-state index in [1.807, 2.05) is 20.8 Å². The summed E-state index contributed by atoms with van der Waals surface area (Å²) in [5.74, 6) is 0. The zero-order valence-corrected chi connectivity index (χ0v) is 24.2. The van der Waals surface area contributed by atoms with E-state index in [1.54, 1.807) is 43.3 Å². The van der Waals surface area contributed by atoms with Crippen molar-refractivity contribution in [3.8, 4) is 0 Å². The van der Waals surface area contributed by atoms with Gasteiger partial charge in [0.25, 0.3) is 0 Å². The van der Waals surface area contributed by atoms with Gasteiger partial charge in [0.05, 0.1) is 14.7 Å². The zero-order chi connectivity index (χ0) is 28.2. The van der Waals surface area contributed by atoms with Crippen molar-refractivity contribution in [2.75, 3.05) is 19.6 Å². The maximum Gasteiger partial charge on any atom is 0.240 e. The highest BCUT2D eigenvalue weighted by atomic mass is 32.2.